The minimum atomic E-state index is -0.270. The summed E-state index contributed by atoms with van der Waals surface area (Å²) < 4.78 is 0.974. The van der Waals surface area contributed by atoms with Gasteiger partial charge in [0.2, 0.25) is 0 Å². The molecule has 2 amide bonds. The van der Waals surface area contributed by atoms with Crippen molar-refractivity contribution in [3.63, 3.8) is 0 Å². The van der Waals surface area contributed by atoms with Gasteiger partial charge in [0.15, 0.2) is 0 Å². The van der Waals surface area contributed by atoms with Crippen molar-refractivity contribution in [1.82, 2.24) is 0 Å². The van der Waals surface area contributed by atoms with Gasteiger partial charge in [-0.05, 0) is 71.1 Å². The molecule has 26 heavy (non-hydrogen) atoms. The van der Waals surface area contributed by atoms with Crippen molar-refractivity contribution in [1.29, 1.82) is 0 Å². The van der Waals surface area contributed by atoms with E-state index in [-0.39, 0.29) is 11.8 Å². The lowest BCUT2D eigenvalue weighted by Gasteiger charge is -2.11. The van der Waals surface area contributed by atoms with Gasteiger partial charge in [-0.15, -0.1) is 0 Å². The van der Waals surface area contributed by atoms with Gasteiger partial charge in [-0.2, -0.15) is 0 Å². The monoisotopic (exact) mass is 476 g/mol. The Bertz CT molecular complexity index is 961. The van der Waals surface area contributed by atoms with E-state index in [1.54, 1.807) is 54.6 Å². The average Bonchev–Trinajstić information content (AvgIpc) is 2.65. The molecule has 0 aliphatic rings. The molecule has 0 aromatic heterocycles. The van der Waals surface area contributed by atoms with Crippen LogP contribution in [0.5, 0.6) is 0 Å². The molecule has 0 saturated heterocycles. The molecule has 0 heterocycles. The molecule has 0 unspecified atom stereocenters. The van der Waals surface area contributed by atoms with Gasteiger partial charge in [-0.1, -0.05) is 35.9 Å². The Balaban J connectivity index is 1.77. The van der Waals surface area contributed by atoms with E-state index in [4.69, 9.17) is 11.6 Å². The lowest BCUT2D eigenvalue weighted by atomic mass is 10.2. The van der Waals surface area contributed by atoms with Gasteiger partial charge in [-0.25, -0.2) is 0 Å². The van der Waals surface area contributed by atoms with Gasteiger partial charge in [-0.3, -0.25) is 9.59 Å². The lowest BCUT2D eigenvalue weighted by molar-refractivity contribution is 0.101. The molecule has 2 N–H and O–H groups in total. The van der Waals surface area contributed by atoms with Gasteiger partial charge in [0, 0.05) is 20.4 Å². The van der Waals surface area contributed by atoms with E-state index >= 15 is 0 Å². The summed E-state index contributed by atoms with van der Waals surface area (Å²) in [5.41, 5.74) is 2.06. The highest BCUT2D eigenvalue weighted by atomic mass is 127. The van der Waals surface area contributed by atoms with E-state index in [0.717, 1.165) is 3.57 Å². The minimum absolute atomic E-state index is 0.230. The topological polar surface area (TPSA) is 58.2 Å². The molecule has 0 spiro atoms. The molecular weight excluding hydrogens is 463 g/mol. The first-order chi connectivity index (χ1) is 12.5. The number of amides is 2. The highest BCUT2D eigenvalue weighted by Crippen LogP contribution is 2.26. The van der Waals surface area contributed by atoms with Gasteiger partial charge in [0.25, 0.3) is 11.8 Å². The summed E-state index contributed by atoms with van der Waals surface area (Å²) in [6, 6.07) is 21.1. The fourth-order valence-electron chi connectivity index (χ4n) is 2.32. The molecular formula is C20H14ClIN2O2. The van der Waals surface area contributed by atoms with Gasteiger partial charge in [0.05, 0.1) is 10.7 Å². The second-order valence-corrected chi connectivity index (χ2v) is 7.13. The Labute approximate surface area is 169 Å². The standard InChI is InChI=1S/C20H14ClIN2O2/c21-17-10-9-16(23-20(26)14-7-4-8-15(22)11-14)12-18(17)24-19(25)13-5-2-1-3-6-13/h1-12H,(H,23,26)(H,24,25). The van der Waals surface area contributed by atoms with E-state index in [0.29, 0.717) is 27.5 Å². The van der Waals surface area contributed by atoms with Crippen LogP contribution in [0.2, 0.25) is 5.02 Å². The first-order valence-electron chi connectivity index (χ1n) is 7.76. The van der Waals surface area contributed by atoms with Crippen LogP contribution in [0.1, 0.15) is 20.7 Å². The molecule has 3 aromatic rings. The predicted molar refractivity (Wildman–Crippen MR) is 113 cm³/mol. The Hall–Kier alpha value is -2.38. The second kappa shape index (κ2) is 8.33. The van der Waals surface area contributed by atoms with Crippen molar-refractivity contribution in [2.75, 3.05) is 10.6 Å². The zero-order chi connectivity index (χ0) is 18.5. The molecule has 0 aliphatic carbocycles. The summed E-state index contributed by atoms with van der Waals surface area (Å²) in [5, 5.41) is 5.97. The van der Waals surface area contributed by atoms with Gasteiger partial charge >= 0.3 is 0 Å². The summed E-state index contributed by atoms with van der Waals surface area (Å²) >= 11 is 8.33. The van der Waals surface area contributed by atoms with Crippen LogP contribution < -0.4 is 10.6 Å². The highest BCUT2D eigenvalue weighted by molar-refractivity contribution is 14.1. The maximum Gasteiger partial charge on any atom is 0.255 e. The van der Waals surface area contributed by atoms with Crippen molar-refractivity contribution in [3.8, 4) is 0 Å². The van der Waals surface area contributed by atoms with Crippen molar-refractivity contribution in [2.24, 2.45) is 0 Å². The summed E-state index contributed by atoms with van der Waals surface area (Å²) in [7, 11) is 0. The fraction of sp³-hybridized carbons (Fsp3) is 0. The number of nitrogens with one attached hydrogen (secondary N) is 2. The van der Waals surface area contributed by atoms with Crippen LogP contribution in [-0.2, 0) is 0 Å². The van der Waals surface area contributed by atoms with Gasteiger partial charge < -0.3 is 10.6 Å². The molecule has 3 aromatic carbocycles. The highest BCUT2D eigenvalue weighted by Gasteiger charge is 2.11. The van der Waals surface area contributed by atoms with Crippen molar-refractivity contribution >= 4 is 57.4 Å². The third kappa shape index (κ3) is 4.62. The van der Waals surface area contributed by atoms with Crippen LogP contribution in [0, 0.1) is 3.57 Å². The zero-order valence-corrected chi connectivity index (χ0v) is 16.4. The third-order valence-electron chi connectivity index (χ3n) is 3.60. The second-order valence-electron chi connectivity index (χ2n) is 5.48. The molecule has 0 saturated carbocycles. The van der Waals surface area contributed by atoms with Crippen molar-refractivity contribution in [3.05, 3.63) is 92.5 Å². The zero-order valence-electron chi connectivity index (χ0n) is 13.5. The predicted octanol–water partition coefficient (Wildman–Crippen LogP) is 5.45. The van der Waals surface area contributed by atoms with Crippen LogP contribution in [0.3, 0.4) is 0 Å². The van der Waals surface area contributed by atoms with Crippen molar-refractivity contribution < 1.29 is 9.59 Å². The van der Waals surface area contributed by atoms with Crippen LogP contribution in [0.15, 0.2) is 72.8 Å². The molecule has 0 bridgehead atoms. The number of anilines is 2. The fourth-order valence-corrected chi connectivity index (χ4v) is 3.02. The number of carbonyl (C=O) groups is 2. The van der Waals surface area contributed by atoms with E-state index < -0.39 is 0 Å². The summed E-state index contributed by atoms with van der Waals surface area (Å²) in [5.74, 6) is -0.500. The third-order valence-corrected chi connectivity index (χ3v) is 4.60. The Morgan fingerprint density at radius 1 is 0.769 bits per heavy atom. The summed E-state index contributed by atoms with van der Waals surface area (Å²) in [6.07, 6.45) is 0. The largest absolute Gasteiger partial charge is 0.322 e. The summed E-state index contributed by atoms with van der Waals surface area (Å²) in [6.45, 7) is 0. The van der Waals surface area contributed by atoms with E-state index in [1.807, 2.05) is 18.2 Å². The smallest absolute Gasteiger partial charge is 0.255 e. The molecule has 6 heteroatoms. The molecule has 0 atom stereocenters. The average molecular weight is 477 g/mol. The number of hydrogen-bond acceptors (Lipinski definition) is 2. The van der Waals surface area contributed by atoms with Crippen LogP contribution in [-0.4, -0.2) is 11.8 Å². The Kier molecular flexibility index (Phi) is 5.90. The number of halogens is 2. The maximum atomic E-state index is 12.4. The molecule has 0 fully saturated rings. The Morgan fingerprint density at radius 3 is 2.19 bits per heavy atom. The molecule has 0 aliphatic heterocycles. The van der Waals surface area contributed by atoms with Crippen LogP contribution >= 0.6 is 34.2 Å². The molecule has 4 nitrogen and oxygen atoms in total. The van der Waals surface area contributed by atoms with E-state index in [2.05, 4.69) is 33.2 Å². The van der Waals surface area contributed by atoms with Crippen LogP contribution in [0.4, 0.5) is 11.4 Å². The van der Waals surface area contributed by atoms with Crippen molar-refractivity contribution in [2.45, 2.75) is 0 Å². The minimum Gasteiger partial charge on any atom is -0.322 e. The van der Waals surface area contributed by atoms with Gasteiger partial charge in [0.1, 0.15) is 0 Å². The SMILES string of the molecule is O=C(Nc1ccc(Cl)c(NC(=O)c2ccccc2)c1)c1cccc(I)c1. The molecule has 0 radical (unpaired) electrons. The van der Waals surface area contributed by atoms with Crippen LogP contribution in [0.25, 0.3) is 0 Å². The number of hydrogen-bond donors (Lipinski definition) is 2. The quantitative estimate of drug-likeness (QED) is 0.492. The molecule has 3 rings (SSSR count). The number of benzene rings is 3. The van der Waals surface area contributed by atoms with E-state index in [1.165, 1.54) is 0 Å². The molecule has 130 valence electrons. The number of carbonyl (C=O) groups excluding carboxylic acids is 2. The Morgan fingerprint density at radius 2 is 1.46 bits per heavy atom. The van der Waals surface area contributed by atoms with E-state index in [9.17, 15) is 9.59 Å². The first kappa shape index (κ1) is 18.4. The normalized spacial score (nSPS) is 10.2. The summed E-state index contributed by atoms with van der Waals surface area (Å²) in [4.78, 5) is 24.7. The first-order valence-corrected chi connectivity index (χ1v) is 9.21. The lowest BCUT2D eigenvalue weighted by Crippen LogP contribution is -2.14. The maximum absolute atomic E-state index is 12.4. The number of rotatable bonds is 4.